The van der Waals surface area contributed by atoms with Gasteiger partial charge in [0.15, 0.2) is 5.69 Å². The summed E-state index contributed by atoms with van der Waals surface area (Å²) in [6, 6.07) is 21.9. The van der Waals surface area contributed by atoms with Crippen molar-refractivity contribution in [3.05, 3.63) is 95.3 Å². The molecule has 0 aliphatic carbocycles. The van der Waals surface area contributed by atoms with Crippen LogP contribution in [-0.2, 0) is 10.0 Å². The summed E-state index contributed by atoms with van der Waals surface area (Å²) in [4.78, 5) is 12.7. The molecule has 0 fully saturated rings. The molecule has 1 heterocycles. The quantitative estimate of drug-likeness (QED) is 0.379. The van der Waals surface area contributed by atoms with Crippen molar-refractivity contribution in [2.24, 2.45) is 0 Å². The minimum atomic E-state index is -4.07. The standard InChI is InChI=1S/C24H21ClN4O4S/c1-16-14-21(27-29(16)18-8-4-3-5-9-18)24(30)26-17-12-13-22(33-2)23(15-17)34(31,32)28-20-11-7-6-10-19(20)25/h3-15,28H,1-2H3,(H,26,30). The van der Waals surface area contributed by atoms with E-state index in [1.54, 1.807) is 41.1 Å². The number of carbonyl (C=O) groups excluding carboxylic acids is 1. The first-order valence-corrected chi connectivity index (χ1v) is 12.0. The predicted octanol–water partition coefficient (Wildman–Crippen LogP) is 4.90. The Balaban J connectivity index is 1.61. The van der Waals surface area contributed by atoms with Crippen molar-refractivity contribution in [3.63, 3.8) is 0 Å². The van der Waals surface area contributed by atoms with Gasteiger partial charge in [-0.1, -0.05) is 41.9 Å². The molecule has 174 valence electrons. The number of methoxy groups -OCH3 is 1. The van der Waals surface area contributed by atoms with Crippen LogP contribution in [0.5, 0.6) is 5.75 Å². The Hall–Kier alpha value is -3.82. The van der Waals surface area contributed by atoms with Crippen LogP contribution in [0, 0.1) is 6.92 Å². The molecule has 0 spiro atoms. The highest BCUT2D eigenvalue weighted by molar-refractivity contribution is 7.92. The van der Waals surface area contributed by atoms with Gasteiger partial charge in [-0.2, -0.15) is 5.10 Å². The van der Waals surface area contributed by atoms with Crippen LogP contribution in [0.1, 0.15) is 16.2 Å². The van der Waals surface area contributed by atoms with Gasteiger partial charge in [0.05, 0.1) is 23.5 Å². The average Bonchev–Trinajstić information content (AvgIpc) is 3.23. The van der Waals surface area contributed by atoms with Crippen molar-refractivity contribution in [3.8, 4) is 11.4 Å². The molecule has 0 unspecified atom stereocenters. The molecule has 1 aromatic heterocycles. The van der Waals surface area contributed by atoms with Gasteiger partial charge in [0.25, 0.3) is 15.9 Å². The zero-order chi connectivity index (χ0) is 24.3. The Kier molecular flexibility index (Phi) is 6.58. The van der Waals surface area contributed by atoms with Crippen molar-refractivity contribution in [2.75, 3.05) is 17.1 Å². The van der Waals surface area contributed by atoms with Crippen LogP contribution < -0.4 is 14.8 Å². The number of aromatic nitrogens is 2. The molecule has 0 atom stereocenters. The van der Waals surface area contributed by atoms with E-state index in [4.69, 9.17) is 16.3 Å². The number of carbonyl (C=O) groups is 1. The third-order valence-electron chi connectivity index (χ3n) is 4.95. The highest BCUT2D eigenvalue weighted by Gasteiger charge is 2.22. The van der Waals surface area contributed by atoms with Crippen LogP contribution in [0.2, 0.25) is 5.02 Å². The smallest absolute Gasteiger partial charge is 0.276 e. The van der Waals surface area contributed by atoms with E-state index in [9.17, 15) is 13.2 Å². The zero-order valence-electron chi connectivity index (χ0n) is 18.3. The number of amides is 1. The molecule has 0 saturated carbocycles. The lowest BCUT2D eigenvalue weighted by molar-refractivity contribution is 0.102. The van der Waals surface area contributed by atoms with Gasteiger partial charge in [-0.3, -0.25) is 9.52 Å². The van der Waals surface area contributed by atoms with Gasteiger partial charge >= 0.3 is 0 Å². The fourth-order valence-corrected chi connectivity index (χ4v) is 4.83. The first kappa shape index (κ1) is 23.3. The monoisotopic (exact) mass is 496 g/mol. The average molecular weight is 497 g/mol. The minimum Gasteiger partial charge on any atom is -0.495 e. The van der Waals surface area contributed by atoms with E-state index in [1.165, 1.54) is 19.2 Å². The molecule has 0 radical (unpaired) electrons. The van der Waals surface area contributed by atoms with E-state index >= 15 is 0 Å². The Morgan fingerprint density at radius 3 is 2.41 bits per heavy atom. The van der Waals surface area contributed by atoms with Crippen molar-refractivity contribution in [1.29, 1.82) is 0 Å². The summed E-state index contributed by atoms with van der Waals surface area (Å²) < 4.78 is 35.5. The van der Waals surface area contributed by atoms with Crippen molar-refractivity contribution >= 4 is 38.9 Å². The molecule has 0 aliphatic heterocycles. The van der Waals surface area contributed by atoms with Gasteiger partial charge in [-0.25, -0.2) is 13.1 Å². The molecule has 4 rings (SSSR count). The van der Waals surface area contributed by atoms with Crippen LogP contribution in [0.25, 0.3) is 5.69 Å². The maximum absolute atomic E-state index is 13.1. The third-order valence-corrected chi connectivity index (χ3v) is 6.67. The fraction of sp³-hybridized carbons (Fsp3) is 0.0833. The molecular weight excluding hydrogens is 476 g/mol. The number of hydrogen-bond acceptors (Lipinski definition) is 5. The van der Waals surface area contributed by atoms with E-state index in [0.717, 1.165) is 11.4 Å². The molecule has 1 amide bonds. The maximum Gasteiger partial charge on any atom is 0.276 e. The summed E-state index contributed by atoms with van der Waals surface area (Å²) in [5.41, 5.74) is 2.27. The topological polar surface area (TPSA) is 102 Å². The van der Waals surface area contributed by atoms with E-state index in [1.807, 2.05) is 37.3 Å². The SMILES string of the molecule is COc1ccc(NC(=O)c2cc(C)n(-c3ccccc3)n2)cc1S(=O)(=O)Nc1ccccc1Cl. The molecule has 4 aromatic rings. The fourth-order valence-electron chi connectivity index (χ4n) is 3.32. The van der Waals surface area contributed by atoms with Crippen LogP contribution in [-0.4, -0.2) is 31.2 Å². The van der Waals surface area contributed by atoms with Gasteiger partial charge < -0.3 is 10.1 Å². The zero-order valence-corrected chi connectivity index (χ0v) is 19.9. The number of sulfonamides is 1. The van der Waals surface area contributed by atoms with Crippen LogP contribution in [0.4, 0.5) is 11.4 Å². The number of para-hydroxylation sites is 2. The summed E-state index contributed by atoms with van der Waals surface area (Å²) in [7, 11) is -2.71. The highest BCUT2D eigenvalue weighted by atomic mass is 35.5. The lowest BCUT2D eigenvalue weighted by atomic mass is 10.3. The second-order valence-corrected chi connectivity index (χ2v) is 9.38. The Labute approximate surface area is 202 Å². The summed E-state index contributed by atoms with van der Waals surface area (Å²) in [5.74, 6) is -0.368. The molecular formula is C24H21ClN4O4S. The number of hydrogen-bond donors (Lipinski definition) is 2. The van der Waals surface area contributed by atoms with Crippen molar-refractivity contribution in [2.45, 2.75) is 11.8 Å². The van der Waals surface area contributed by atoms with E-state index in [2.05, 4.69) is 15.1 Å². The lowest BCUT2D eigenvalue weighted by Gasteiger charge is -2.14. The number of anilines is 2. The largest absolute Gasteiger partial charge is 0.495 e. The molecule has 2 N–H and O–H groups in total. The number of aryl methyl sites for hydroxylation is 1. The van der Waals surface area contributed by atoms with Gasteiger partial charge in [-0.05, 0) is 55.5 Å². The van der Waals surface area contributed by atoms with Crippen molar-refractivity contribution in [1.82, 2.24) is 9.78 Å². The predicted molar refractivity (Wildman–Crippen MR) is 132 cm³/mol. The van der Waals surface area contributed by atoms with Crippen LogP contribution in [0.15, 0.2) is 83.8 Å². The molecule has 34 heavy (non-hydrogen) atoms. The number of halogens is 1. The molecule has 3 aromatic carbocycles. The van der Waals surface area contributed by atoms with Crippen LogP contribution >= 0.6 is 11.6 Å². The first-order valence-electron chi connectivity index (χ1n) is 10.2. The maximum atomic E-state index is 13.1. The number of ether oxygens (including phenoxy) is 1. The second-order valence-electron chi connectivity index (χ2n) is 7.32. The normalized spacial score (nSPS) is 11.1. The summed E-state index contributed by atoms with van der Waals surface area (Å²) >= 11 is 6.09. The molecule has 10 heteroatoms. The molecule has 0 aliphatic rings. The number of rotatable bonds is 7. The minimum absolute atomic E-state index is 0.113. The van der Waals surface area contributed by atoms with Gasteiger partial charge in [0.2, 0.25) is 0 Å². The molecule has 0 bridgehead atoms. The summed E-state index contributed by atoms with van der Waals surface area (Å²) in [6.45, 7) is 1.84. The van der Waals surface area contributed by atoms with Gasteiger partial charge in [0.1, 0.15) is 10.6 Å². The molecule has 0 saturated heterocycles. The lowest BCUT2D eigenvalue weighted by Crippen LogP contribution is -2.16. The summed E-state index contributed by atoms with van der Waals surface area (Å²) in [5, 5.41) is 7.33. The highest BCUT2D eigenvalue weighted by Crippen LogP contribution is 2.31. The van der Waals surface area contributed by atoms with Gasteiger partial charge in [0, 0.05) is 11.4 Å². The first-order chi connectivity index (χ1) is 16.3. The Bertz CT molecular complexity index is 1450. The Morgan fingerprint density at radius 1 is 1.00 bits per heavy atom. The Morgan fingerprint density at radius 2 is 1.71 bits per heavy atom. The van der Waals surface area contributed by atoms with E-state index in [-0.39, 0.29) is 32.7 Å². The van der Waals surface area contributed by atoms with E-state index < -0.39 is 15.9 Å². The second kappa shape index (κ2) is 9.58. The van der Waals surface area contributed by atoms with Crippen molar-refractivity contribution < 1.29 is 17.9 Å². The third kappa shape index (κ3) is 4.90. The number of nitrogens with zero attached hydrogens (tertiary/aromatic N) is 2. The van der Waals surface area contributed by atoms with Gasteiger partial charge in [-0.15, -0.1) is 0 Å². The number of nitrogens with one attached hydrogen (secondary N) is 2. The summed E-state index contributed by atoms with van der Waals surface area (Å²) in [6.07, 6.45) is 0. The van der Waals surface area contributed by atoms with Crippen LogP contribution in [0.3, 0.4) is 0 Å². The molecule has 8 nitrogen and oxygen atoms in total. The number of benzene rings is 3. The van der Waals surface area contributed by atoms with E-state index in [0.29, 0.717) is 0 Å².